The minimum Gasteiger partial charge on any atom is -0.494 e. The highest BCUT2D eigenvalue weighted by Crippen LogP contribution is 2.39. The van der Waals surface area contributed by atoms with Gasteiger partial charge in [0.1, 0.15) is 16.7 Å². The van der Waals surface area contributed by atoms with Gasteiger partial charge in [0, 0.05) is 60.5 Å². The minimum atomic E-state index is -1.50. The van der Waals surface area contributed by atoms with Gasteiger partial charge in [-0.3, -0.25) is 29.8 Å². The van der Waals surface area contributed by atoms with Crippen LogP contribution >= 0.6 is 0 Å². The predicted octanol–water partition coefficient (Wildman–Crippen LogP) is 3.29. The number of hydrogen-bond donors (Lipinski definition) is 2. The van der Waals surface area contributed by atoms with E-state index in [1.165, 1.54) is 18.1 Å². The summed E-state index contributed by atoms with van der Waals surface area (Å²) >= 11 is 0. The number of aromatic nitrogens is 4. The molecular formula is C30H23FN6O5. The molecule has 0 radical (unpaired) electrons. The third-order valence-electron chi connectivity index (χ3n) is 7.81. The number of rotatable bonds is 7. The van der Waals surface area contributed by atoms with Crippen molar-refractivity contribution >= 4 is 28.8 Å². The van der Waals surface area contributed by atoms with Crippen LogP contribution in [0.3, 0.4) is 0 Å². The lowest BCUT2D eigenvalue weighted by molar-refractivity contribution is -0.127. The normalized spacial score (nSPS) is 18.1. The van der Waals surface area contributed by atoms with Crippen molar-refractivity contribution in [1.82, 2.24) is 30.4 Å². The lowest BCUT2D eigenvalue weighted by Gasteiger charge is -2.28. The van der Waals surface area contributed by atoms with Crippen LogP contribution in [0.2, 0.25) is 0 Å². The van der Waals surface area contributed by atoms with E-state index in [0.29, 0.717) is 23.1 Å². The lowest BCUT2D eigenvalue weighted by Crippen LogP contribution is -2.46. The summed E-state index contributed by atoms with van der Waals surface area (Å²) < 4.78 is 26.1. The van der Waals surface area contributed by atoms with E-state index in [0.717, 1.165) is 22.5 Å². The highest BCUT2D eigenvalue weighted by Gasteiger charge is 2.53. The van der Waals surface area contributed by atoms with E-state index in [9.17, 15) is 18.8 Å². The fourth-order valence-corrected chi connectivity index (χ4v) is 5.65. The van der Waals surface area contributed by atoms with E-state index in [-0.39, 0.29) is 36.6 Å². The van der Waals surface area contributed by atoms with Gasteiger partial charge < -0.3 is 14.1 Å². The Morgan fingerprint density at radius 3 is 2.64 bits per heavy atom. The van der Waals surface area contributed by atoms with Gasteiger partial charge in [-0.1, -0.05) is 12.1 Å². The molecule has 4 aromatic heterocycles. The topological polar surface area (TPSA) is 143 Å². The molecule has 11 nitrogen and oxygen atoms in total. The van der Waals surface area contributed by atoms with E-state index < -0.39 is 29.0 Å². The Morgan fingerprint density at radius 1 is 1.07 bits per heavy atom. The minimum absolute atomic E-state index is 0.0456. The Balaban J connectivity index is 1.18. The summed E-state index contributed by atoms with van der Waals surface area (Å²) in [5, 5.41) is 9.09. The monoisotopic (exact) mass is 566 g/mol. The molecule has 42 heavy (non-hydrogen) atoms. The molecule has 12 heteroatoms. The number of carbonyl (C=O) groups excluding carboxylic acids is 3. The maximum Gasteiger partial charge on any atom is 0.257 e. The van der Waals surface area contributed by atoms with Crippen LogP contribution in [0.1, 0.15) is 39.5 Å². The molecule has 3 amide bonds. The number of nitrogens with one attached hydrogen (secondary N) is 2. The van der Waals surface area contributed by atoms with Crippen molar-refractivity contribution in [2.45, 2.75) is 24.8 Å². The van der Waals surface area contributed by atoms with Crippen molar-refractivity contribution in [3.63, 3.8) is 0 Å². The summed E-state index contributed by atoms with van der Waals surface area (Å²) in [6.45, 7) is -0.104. The number of nitrogens with zero attached hydrogens (tertiary/aromatic N) is 4. The largest absolute Gasteiger partial charge is 0.494 e. The first-order chi connectivity index (χ1) is 20.3. The van der Waals surface area contributed by atoms with Crippen LogP contribution in [0.25, 0.3) is 22.2 Å². The average molecular weight is 567 g/mol. The number of furan rings is 1. The Labute approximate surface area is 237 Å². The molecule has 210 valence electrons. The van der Waals surface area contributed by atoms with Gasteiger partial charge in [0.15, 0.2) is 17.1 Å². The van der Waals surface area contributed by atoms with Gasteiger partial charge in [-0.15, -0.1) is 0 Å². The van der Waals surface area contributed by atoms with Crippen LogP contribution in [-0.2, 0) is 28.0 Å². The quantitative estimate of drug-likeness (QED) is 0.286. The van der Waals surface area contributed by atoms with Gasteiger partial charge >= 0.3 is 0 Å². The summed E-state index contributed by atoms with van der Waals surface area (Å²) in [4.78, 5) is 49.6. The third-order valence-corrected chi connectivity index (χ3v) is 7.81. The van der Waals surface area contributed by atoms with Crippen molar-refractivity contribution < 1.29 is 27.9 Å². The van der Waals surface area contributed by atoms with Crippen LogP contribution in [0.15, 0.2) is 65.5 Å². The standard InChI is InChI=1S/C30H23FN6O5/c1-41-23-6-3-17-14-37(28(39)26(17)27(23)31)15-30(10-25(38)36-29(30)40)24-9-21-22(42-24)7-5-20(35-21)8-19-4-2-16(11-32-19)18-12-33-34-13-18/h2-7,9,11-13H,8,10,14-15H2,1H3,(H,33,34)(H,36,38,40)/t30-/m1/s1. The van der Waals surface area contributed by atoms with Crippen molar-refractivity contribution in [3.8, 4) is 16.9 Å². The fraction of sp³-hybridized carbons (Fsp3) is 0.200. The maximum atomic E-state index is 14.9. The van der Waals surface area contributed by atoms with Gasteiger partial charge in [0.2, 0.25) is 11.8 Å². The highest BCUT2D eigenvalue weighted by atomic mass is 19.1. The molecular weight excluding hydrogens is 543 g/mol. The third kappa shape index (κ3) is 4.10. The number of hydrogen-bond acceptors (Lipinski definition) is 8. The molecule has 1 atom stereocenters. The summed E-state index contributed by atoms with van der Waals surface area (Å²) in [6, 6.07) is 12.1. The molecule has 0 saturated carbocycles. The van der Waals surface area contributed by atoms with E-state index >= 15 is 0 Å². The predicted molar refractivity (Wildman–Crippen MR) is 146 cm³/mol. The Hall–Kier alpha value is -5.39. The van der Waals surface area contributed by atoms with Crippen LogP contribution in [0.4, 0.5) is 4.39 Å². The number of halogens is 1. The second-order valence-corrected chi connectivity index (χ2v) is 10.4. The molecule has 5 aromatic rings. The summed E-state index contributed by atoms with van der Waals surface area (Å²) in [6.07, 6.45) is 5.52. The number of ether oxygens (including phenoxy) is 1. The highest BCUT2D eigenvalue weighted by molar-refractivity contribution is 6.10. The molecule has 0 spiro atoms. The summed E-state index contributed by atoms with van der Waals surface area (Å²) in [5.74, 6) is -2.26. The lowest BCUT2D eigenvalue weighted by atomic mass is 9.82. The van der Waals surface area contributed by atoms with Gasteiger partial charge in [-0.2, -0.15) is 5.10 Å². The molecule has 6 heterocycles. The van der Waals surface area contributed by atoms with E-state index in [4.69, 9.17) is 14.1 Å². The van der Waals surface area contributed by atoms with Gasteiger partial charge in [-0.05, 0) is 29.8 Å². The van der Waals surface area contributed by atoms with Crippen molar-refractivity contribution in [2.75, 3.05) is 13.7 Å². The number of benzene rings is 1. The van der Waals surface area contributed by atoms with E-state index in [1.54, 1.807) is 36.8 Å². The molecule has 1 aromatic carbocycles. The molecule has 7 rings (SSSR count). The number of carbonyl (C=O) groups is 3. The molecule has 2 aliphatic rings. The van der Waals surface area contributed by atoms with Crippen LogP contribution in [-0.4, -0.2) is 56.4 Å². The summed E-state index contributed by atoms with van der Waals surface area (Å²) in [5.41, 5.74) is 3.21. The van der Waals surface area contributed by atoms with Crippen molar-refractivity contribution in [2.24, 2.45) is 0 Å². The number of methoxy groups -OCH3 is 1. The smallest absolute Gasteiger partial charge is 0.257 e. The van der Waals surface area contributed by atoms with Gasteiger partial charge in [0.25, 0.3) is 5.91 Å². The molecule has 2 aliphatic heterocycles. The number of fused-ring (bicyclic) bond motifs is 2. The Bertz CT molecular complexity index is 1880. The molecule has 1 saturated heterocycles. The first-order valence-corrected chi connectivity index (χ1v) is 13.2. The molecule has 0 aliphatic carbocycles. The average Bonchev–Trinajstić information content (AvgIpc) is 3.77. The zero-order chi connectivity index (χ0) is 29.0. The van der Waals surface area contributed by atoms with E-state index in [2.05, 4.69) is 20.5 Å². The fourth-order valence-electron chi connectivity index (χ4n) is 5.65. The van der Waals surface area contributed by atoms with E-state index in [1.807, 2.05) is 18.2 Å². The van der Waals surface area contributed by atoms with Crippen molar-refractivity contribution in [1.29, 1.82) is 0 Å². The zero-order valence-electron chi connectivity index (χ0n) is 22.3. The summed E-state index contributed by atoms with van der Waals surface area (Å²) in [7, 11) is 1.32. The maximum absolute atomic E-state index is 14.9. The number of imide groups is 1. The van der Waals surface area contributed by atoms with Crippen LogP contribution in [0.5, 0.6) is 5.75 Å². The second kappa shape index (κ2) is 9.61. The Kier molecular flexibility index (Phi) is 5.85. The molecule has 1 fully saturated rings. The molecule has 0 bridgehead atoms. The number of amides is 3. The zero-order valence-corrected chi connectivity index (χ0v) is 22.3. The van der Waals surface area contributed by atoms with Crippen molar-refractivity contribution in [3.05, 3.63) is 95.1 Å². The Morgan fingerprint density at radius 2 is 1.93 bits per heavy atom. The number of pyridine rings is 2. The number of H-pyrrole nitrogens is 1. The van der Waals surface area contributed by atoms with Gasteiger partial charge in [0.05, 0.1) is 25.3 Å². The molecule has 2 N–H and O–H groups in total. The molecule has 0 unspecified atom stereocenters. The SMILES string of the molecule is COc1ccc2c(c1F)C(=O)N(C[C@@]1(c3cc4nc(Cc5ccc(-c6cn[nH]c6)cn5)ccc4o3)CC(=O)NC1=O)C2. The first kappa shape index (κ1) is 25.6. The van der Waals surface area contributed by atoms with Crippen LogP contribution < -0.4 is 10.1 Å². The number of aromatic amines is 1. The van der Waals surface area contributed by atoms with Crippen LogP contribution in [0, 0.1) is 5.82 Å². The van der Waals surface area contributed by atoms with Gasteiger partial charge in [-0.25, -0.2) is 9.37 Å². The first-order valence-electron chi connectivity index (χ1n) is 13.2. The second-order valence-electron chi connectivity index (χ2n) is 10.4.